The molecule has 0 saturated carbocycles. The van der Waals surface area contributed by atoms with Gasteiger partial charge in [-0.25, -0.2) is 4.39 Å². The Balaban J connectivity index is 1.05. The molecule has 4 amide bonds. The largest absolute Gasteiger partial charge is 0.330 e. The molecule has 5 aliphatic heterocycles. The maximum Gasteiger partial charge on any atom is 0.257 e. The van der Waals surface area contributed by atoms with Crippen LogP contribution in [0.5, 0.6) is 0 Å². The van der Waals surface area contributed by atoms with Gasteiger partial charge in [0.2, 0.25) is 11.8 Å². The third kappa shape index (κ3) is 4.57. The third-order valence-corrected chi connectivity index (χ3v) is 9.16. The van der Waals surface area contributed by atoms with E-state index in [1.807, 2.05) is 36.4 Å². The van der Waals surface area contributed by atoms with E-state index >= 15 is 4.39 Å². The lowest BCUT2D eigenvalue weighted by Gasteiger charge is -2.56. The van der Waals surface area contributed by atoms with Crippen LogP contribution in [0.3, 0.4) is 0 Å². The Bertz CT molecular complexity index is 1630. The molecule has 4 fully saturated rings. The van der Waals surface area contributed by atoms with Crippen molar-refractivity contribution >= 4 is 35.2 Å². The molecule has 8 rings (SSSR count). The summed E-state index contributed by atoms with van der Waals surface area (Å²) in [5, 5.41) is 2.95. The zero-order valence-corrected chi connectivity index (χ0v) is 23.4. The smallest absolute Gasteiger partial charge is 0.257 e. The molecule has 0 spiro atoms. The van der Waals surface area contributed by atoms with Gasteiger partial charge in [0.05, 0.1) is 5.56 Å². The van der Waals surface area contributed by atoms with Crippen molar-refractivity contribution in [1.82, 2.24) is 20.0 Å². The van der Waals surface area contributed by atoms with Crippen LogP contribution in [-0.2, 0) is 22.7 Å². The molecule has 0 radical (unpaired) electrons. The summed E-state index contributed by atoms with van der Waals surface area (Å²) in [5.41, 5.74) is 4.04. The summed E-state index contributed by atoms with van der Waals surface area (Å²) in [7, 11) is 0. The number of nitrogens with zero attached hydrogens (tertiary/aromatic N) is 3. The van der Waals surface area contributed by atoms with Crippen LogP contribution < -0.4 is 5.32 Å². The predicted molar refractivity (Wildman–Crippen MR) is 153 cm³/mol. The van der Waals surface area contributed by atoms with E-state index in [0.717, 1.165) is 30.2 Å². The zero-order chi connectivity index (χ0) is 29.1. The molecule has 0 aromatic heterocycles. The van der Waals surface area contributed by atoms with Crippen LogP contribution in [-0.4, -0.2) is 69.5 Å². The van der Waals surface area contributed by atoms with Crippen molar-refractivity contribution in [3.8, 4) is 11.1 Å². The maximum absolute atomic E-state index is 15.3. The molecule has 42 heavy (non-hydrogen) atoms. The second-order valence-electron chi connectivity index (χ2n) is 11.5. The minimum atomic E-state index is -0.796. The maximum atomic E-state index is 15.3. The van der Waals surface area contributed by atoms with E-state index in [9.17, 15) is 19.2 Å². The van der Waals surface area contributed by atoms with Crippen molar-refractivity contribution in [3.05, 3.63) is 93.8 Å². The monoisotopic (exact) mass is 586 g/mol. The van der Waals surface area contributed by atoms with E-state index in [1.165, 1.54) is 16.5 Å². The molecule has 8 nitrogen and oxygen atoms in total. The van der Waals surface area contributed by atoms with Crippen LogP contribution in [0.1, 0.15) is 51.1 Å². The Kier molecular flexibility index (Phi) is 6.59. The lowest BCUT2D eigenvalue weighted by Crippen LogP contribution is -2.69. The van der Waals surface area contributed by atoms with E-state index in [2.05, 4.69) is 22.3 Å². The minimum Gasteiger partial charge on any atom is -0.330 e. The van der Waals surface area contributed by atoms with Gasteiger partial charge in [-0.05, 0) is 59.4 Å². The first-order valence-electron chi connectivity index (χ1n) is 14.1. The molecule has 0 aliphatic carbocycles. The molecule has 3 aromatic rings. The van der Waals surface area contributed by atoms with Crippen LogP contribution in [0.2, 0.25) is 5.02 Å². The fourth-order valence-corrected chi connectivity index (χ4v) is 6.99. The molecule has 5 aliphatic rings. The van der Waals surface area contributed by atoms with Gasteiger partial charge in [-0.2, -0.15) is 0 Å². The highest BCUT2D eigenvalue weighted by molar-refractivity contribution is 6.30. The lowest BCUT2D eigenvalue weighted by atomic mass is 9.85. The van der Waals surface area contributed by atoms with Gasteiger partial charge in [-0.15, -0.1) is 0 Å². The minimum absolute atomic E-state index is 0.0202. The Morgan fingerprint density at radius 2 is 1.71 bits per heavy atom. The molecule has 214 valence electrons. The number of fused-ring (bicyclic) bond motifs is 3. The lowest BCUT2D eigenvalue weighted by molar-refractivity contribution is -0.136. The summed E-state index contributed by atoms with van der Waals surface area (Å²) >= 11 is 6.09. The molecule has 3 aromatic carbocycles. The SMILES string of the molecule is O=C1CCC(N2Cc3cc(C(=O)N4C5CC4CN(Cc4ccccc4-c4ccc(Cl)cc4)C5)c(F)cc3C2=O)C(=O)N1. The van der Waals surface area contributed by atoms with Crippen LogP contribution in [0.25, 0.3) is 11.1 Å². The summed E-state index contributed by atoms with van der Waals surface area (Å²) < 4.78 is 15.3. The number of carbonyl (C=O) groups excluding carboxylic acids is 4. The predicted octanol–water partition coefficient (Wildman–Crippen LogP) is 4.01. The van der Waals surface area contributed by atoms with E-state index in [1.54, 1.807) is 4.90 Å². The Labute approximate surface area is 247 Å². The number of nitrogens with one attached hydrogen (secondary N) is 1. The first-order chi connectivity index (χ1) is 20.3. The van der Waals surface area contributed by atoms with Crippen LogP contribution in [0.15, 0.2) is 60.7 Å². The van der Waals surface area contributed by atoms with Crippen molar-refractivity contribution in [1.29, 1.82) is 0 Å². The average molecular weight is 587 g/mol. The summed E-state index contributed by atoms with van der Waals surface area (Å²) in [5.74, 6) is -2.48. The quantitative estimate of drug-likeness (QED) is 0.457. The third-order valence-electron chi connectivity index (χ3n) is 8.91. The highest BCUT2D eigenvalue weighted by Gasteiger charge is 2.48. The first-order valence-corrected chi connectivity index (χ1v) is 14.5. The topological polar surface area (TPSA) is 90.0 Å². The van der Waals surface area contributed by atoms with Crippen LogP contribution in [0.4, 0.5) is 4.39 Å². The van der Waals surface area contributed by atoms with E-state index in [4.69, 9.17) is 11.6 Å². The average Bonchev–Trinajstić information content (AvgIpc) is 3.28. The Morgan fingerprint density at radius 1 is 0.976 bits per heavy atom. The number of halogens is 2. The van der Waals surface area contributed by atoms with Gasteiger partial charge >= 0.3 is 0 Å². The van der Waals surface area contributed by atoms with Gasteiger partial charge in [0, 0.05) is 55.3 Å². The molecule has 1 N–H and O–H groups in total. The van der Waals surface area contributed by atoms with Gasteiger partial charge in [0.25, 0.3) is 11.8 Å². The summed E-state index contributed by atoms with van der Waals surface area (Å²) in [6.07, 6.45) is 1.22. The number of amides is 4. The van der Waals surface area contributed by atoms with Crippen LogP contribution in [0, 0.1) is 5.82 Å². The van der Waals surface area contributed by atoms with Gasteiger partial charge in [0.1, 0.15) is 11.9 Å². The molecule has 3 atom stereocenters. The summed E-state index contributed by atoms with van der Waals surface area (Å²) in [6, 6.07) is 17.8. The zero-order valence-electron chi connectivity index (χ0n) is 22.7. The Hall–Kier alpha value is -4.08. The van der Waals surface area contributed by atoms with Crippen molar-refractivity contribution in [2.24, 2.45) is 0 Å². The second kappa shape index (κ2) is 10.3. The number of imide groups is 1. The molecule has 3 unspecified atom stereocenters. The summed E-state index contributed by atoms with van der Waals surface area (Å²) in [6.45, 7) is 2.20. The van der Waals surface area contributed by atoms with Crippen molar-refractivity contribution in [2.45, 2.75) is 50.5 Å². The number of carbonyl (C=O) groups is 4. The van der Waals surface area contributed by atoms with Crippen molar-refractivity contribution in [3.63, 3.8) is 0 Å². The van der Waals surface area contributed by atoms with Gasteiger partial charge < -0.3 is 9.80 Å². The Morgan fingerprint density at radius 3 is 2.45 bits per heavy atom. The molecule has 2 bridgehead atoms. The van der Waals surface area contributed by atoms with E-state index in [0.29, 0.717) is 23.7 Å². The van der Waals surface area contributed by atoms with E-state index < -0.39 is 23.7 Å². The highest BCUT2D eigenvalue weighted by atomic mass is 35.5. The molecule has 4 saturated heterocycles. The van der Waals surface area contributed by atoms with Crippen LogP contribution >= 0.6 is 11.6 Å². The second-order valence-corrected chi connectivity index (χ2v) is 11.9. The first kappa shape index (κ1) is 26.8. The van der Waals surface area contributed by atoms with Gasteiger partial charge in [0.15, 0.2) is 0 Å². The normalized spacial score (nSPS) is 23.5. The number of hydrogen-bond acceptors (Lipinski definition) is 5. The van der Waals surface area contributed by atoms with E-state index in [-0.39, 0.29) is 54.4 Å². The standard InChI is InChI=1S/C32H28ClFN4O4/c33-21-7-5-18(6-8-21)24-4-2-1-3-19(24)14-36-16-22-12-23(17-36)38(22)32(42)26-11-20-15-37(31(41)25(20)13-27(26)34)28-9-10-29(39)35-30(28)40/h1-8,11,13,22-23,28H,9-10,12,14-17H2,(H,35,39,40). The number of piperazine rings is 1. The van der Waals surface area contributed by atoms with Gasteiger partial charge in [-0.3, -0.25) is 29.4 Å². The van der Waals surface area contributed by atoms with Crippen molar-refractivity contribution < 1.29 is 23.6 Å². The molecule has 5 heterocycles. The number of hydrogen-bond donors (Lipinski definition) is 1. The number of rotatable bonds is 5. The van der Waals surface area contributed by atoms with Crippen molar-refractivity contribution in [2.75, 3.05) is 13.1 Å². The fraction of sp³-hybridized carbons (Fsp3) is 0.312. The molecular weight excluding hydrogens is 559 g/mol. The number of piperidine rings is 2. The number of benzene rings is 3. The fourth-order valence-electron chi connectivity index (χ4n) is 6.86. The molecule has 10 heteroatoms. The summed E-state index contributed by atoms with van der Waals surface area (Å²) in [4.78, 5) is 56.0. The highest BCUT2D eigenvalue weighted by Crippen LogP contribution is 2.37. The molecular formula is C32H28ClFN4O4. The van der Waals surface area contributed by atoms with Gasteiger partial charge in [-0.1, -0.05) is 48.0 Å².